The van der Waals surface area contributed by atoms with Crippen LogP contribution in [0.5, 0.6) is 5.75 Å². The number of methoxy groups -OCH3 is 1. The SMILES string of the molecule is COc1ccccc1C(=O)NC(C)c1nc2ccccc2n1CC(=O)N1CCCC1. The number of ether oxygens (including phenoxy) is 1. The normalized spacial score (nSPS) is 14.7. The summed E-state index contributed by atoms with van der Waals surface area (Å²) in [4.78, 5) is 32.3. The van der Waals surface area contributed by atoms with Crippen LogP contribution in [0.4, 0.5) is 0 Å². The van der Waals surface area contributed by atoms with Crippen LogP contribution in [0.3, 0.4) is 0 Å². The molecule has 0 saturated carbocycles. The van der Waals surface area contributed by atoms with Gasteiger partial charge in [0.2, 0.25) is 5.91 Å². The Morgan fingerprint density at radius 3 is 2.57 bits per heavy atom. The van der Waals surface area contributed by atoms with Crippen molar-refractivity contribution in [1.82, 2.24) is 19.8 Å². The Hall–Kier alpha value is -3.35. The third kappa shape index (κ3) is 3.87. The van der Waals surface area contributed by atoms with Crippen molar-refractivity contribution in [1.29, 1.82) is 0 Å². The number of aromatic nitrogens is 2. The van der Waals surface area contributed by atoms with E-state index in [9.17, 15) is 9.59 Å². The lowest BCUT2D eigenvalue weighted by Gasteiger charge is -2.20. The van der Waals surface area contributed by atoms with Gasteiger partial charge in [0.25, 0.3) is 5.91 Å². The zero-order valence-corrected chi connectivity index (χ0v) is 17.3. The predicted molar refractivity (Wildman–Crippen MR) is 114 cm³/mol. The number of benzene rings is 2. The number of imidazole rings is 1. The Labute approximate surface area is 175 Å². The van der Waals surface area contributed by atoms with Gasteiger partial charge in [0.15, 0.2) is 0 Å². The minimum Gasteiger partial charge on any atom is -0.496 e. The number of rotatable bonds is 6. The monoisotopic (exact) mass is 406 g/mol. The van der Waals surface area contributed by atoms with Gasteiger partial charge in [0.1, 0.15) is 18.1 Å². The van der Waals surface area contributed by atoms with Gasteiger partial charge in [-0.2, -0.15) is 0 Å². The van der Waals surface area contributed by atoms with Gasteiger partial charge in [0.05, 0.1) is 29.7 Å². The minimum atomic E-state index is -0.388. The Bertz CT molecular complexity index is 1070. The molecular formula is C23H26N4O3. The number of para-hydroxylation sites is 3. The molecule has 1 aliphatic heterocycles. The predicted octanol–water partition coefficient (Wildman–Crippen LogP) is 3.16. The van der Waals surface area contributed by atoms with E-state index in [1.807, 2.05) is 46.7 Å². The molecule has 0 aliphatic carbocycles. The van der Waals surface area contributed by atoms with E-state index in [2.05, 4.69) is 5.32 Å². The Balaban J connectivity index is 1.62. The highest BCUT2D eigenvalue weighted by Crippen LogP contribution is 2.23. The number of nitrogens with zero attached hydrogens (tertiary/aromatic N) is 3. The van der Waals surface area contributed by atoms with Crippen LogP contribution in [0.15, 0.2) is 48.5 Å². The van der Waals surface area contributed by atoms with Crippen LogP contribution in [-0.2, 0) is 11.3 Å². The molecule has 2 amide bonds. The molecule has 3 aromatic rings. The maximum absolute atomic E-state index is 12.9. The van der Waals surface area contributed by atoms with Crippen molar-refractivity contribution in [2.45, 2.75) is 32.4 Å². The van der Waals surface area contributed by atoms with Crippen molar-refractivity contribution in [3.05, 3.63) is 59.9 Å². The number of amides is 2. The number of hydrogen-bond donors (Lipinski definition) is 1. The van der Waals surface area contributed by atoms with E-state index in [4.69, 9.17) is 9.72 Å². The number of nitrogens with one attached hydrogen (secondary N) is 1. The van der Waals surface area contributed by atoms with Crippen molar-refractivity contribution >= 4 is 22.8 Å². The van der Waals surface area contributed by atoms with E-state index < -0.39 is 0 Å². The number of carbonyl (C=O) groups is 2. The molecule has 0 spiro atoms. The fourth-order valence-electron chi connectivity index (χ4n) is 3.96. The van der Waals surface area contributed by atoms with Gasteiger partial charge >= 0.3 is 0 Å². The standard InChI is InChI=1S/C23H26N4O3/c1-16(24-23(29)17-9-3-6-12-20(17)30-2)22-25-18-10-4-5-11-19(18)27(22)15-21(28)26-13-7-8-14-26/h3-6,9-12,16H,7-8,13-15H2,1-2H3,(H,24,29). The van der Waals surface area contributed by atoms with Crippen molar-refractivity contribution in [2.24, 2.45) is 0 Å². The number of hydrogen-bond acceptors (Lipinski definition) is 4. The summed E-state index contributed by atoms with van der Waals surface area (Å²) in [6.45, 7) is 3.71. The molecule has 156 valence electrons. The first-order valence-corrected chi connectivity index (χ1v) is 10.3. The lowest BCUT2D eigenvalue weighted by Crippen LogP contribution is -2.33. The molecule has 1 fully saturated rings. The zero-order chi connectivity index (χ0) is 21.1. The molecule has 30 heavy (non-hydrogen) atoms. The largest absolute Gasteiger partial charge is 0.496 e. The fourth-order valence-corrected chi connectivity index (χ4v) is 3.96. The van der Waals surface area contributed by atoms with Crippen molar-refractivity contribution < 1.29 is 14.3 Å². The molecule has 1 atom stereocenters. The van der Waals surface area contributed by atoms with Gasteiger partial charge in [0, 0.05) is 13.1 Å². The first-order chi connectivity index (χ1) is 14.6. The van der Waals surface area contributed by atoms with Crippen LogP contribution in [0.2, 0.25) is 0 Å². The molecule has 7 heteroatoms. The molecule has 0 bridgehead atoms. The highest BCUT2D eigenvalue weighted by Gasteiger charge is 2.24. The van der Waals surface area contributed by atoms with Crippen LogP contribution in [-0.4, -0.2) is 46.5 Å². The smallest absolute Gasteiger partial charge is 0.255 e. The second-order valence-electron chi connectivity index (χ2n) is 7.53. The van der Waals surface area contributed by atoms with Gasteiger partial charge in [-0.15, -0.1) is 0 Å². The average molecular weight is 406 g/mol. The van der Waals surface area contributed by atoms with Gasteiger partial charge in [-0.3, -0.25) is 9.59 Å². The second kappa shape index (κ2) is 8.57. The number of likely N-dealkylation sites (tertiary alicyclic amines) is 1. The lowest BCUT2D eigenvalue weighted by atomic mass is 10.1. The summed E-state index contributed by atoms with van der Waals surface area (Å²) in [5.41, 5.74) is 2.15. The fraction of sp³-hybridized carbons (Fsp3) is 0.348. The maximum atomic E-state index is 12.9. The first-order valence-electron chi connectivity index (χ1n) is 10.3. The average Bonchev–Trinajstić information content (AvgIpc) is 3.42. The van der Waals surface area contributed by atoms with Gasteiger partial charge in [-0.25, -0.2) is 4.98 Å². The van der Waals surface area contributed by atoms with Gasteiger partial charge < -0.3 is 19.5 Å². The third-order valence-corrected chi connectivity index (χ3v) is 5.52. The minimum absolute atomic E-state index is 0.0835. The highest BCUT2D eigenvalue weighted by atomic mass is 16.5. The summed E-state index contributed by atoms with van der Waals surface area (Å²) in [5, 5.41) is 3.00. The molecule has 1 saturated heterocycles. The number of fused-ring (bicyclic) bond motifs is 1. The van der Waals surface area contributed by atoms with Crippen LogP contribution in [0.1, 0.15) is 42.0 Å². The number of carbonyl (C=O) groups excluding carboxylic acids is 2. The van der Waals surface area contributed by atoms with Crippen LogP contribution in [0.25, 0.3) is 11.0 Å². The molecule has 1 N–H and O–H groups in total. The van der Waals surface area contributed by atoms with Crippen LogP contribution in [0, 0.1) is 0 Å². The summed E-state index contributed by atoms with van der Waals surface area (Å²) in [7, 11) is 1.54. The zero-order valence-electron chi connectivity index (χ0n) is 17.3. The third-order valence-electron chi connectivity index (χ3n) is 5.52. The van der Waals surface area contributed by atoms with Crippen molar-refractivity contribution in [3.8, 4) is 5.75 Å². The molecule has 1 unspecified atom stereocenters. The topological polar surface area (TPSA) is 76.5 Å². The van der Waals surface area contributed by atoms with Gasteiger partial charge in [-0.1, -0.05) is 24.3 Å². The summed E-state index contributed by atoms with van der Waals surface area (Å²) in [6, 6.07) is 14.4. The summed E-state index contributed by atoms with van der Waals surface area (Å²) in [6.07, 6.45) is 2.10. The maximum Gasteiger partial charge on any atom is 0.255 e. The van der Waals surface area contributed by atoms with Gasteiger partial charge in [-0.05, 0) is 44.0 Å². The summed E-state index contributed by atoms with van der Waals surface area (Å²) >= 11 is 0. The quantitative estimate of drug-likeness (QED) is 0.682. The van der Waals surface area contributed by atoms with E-state index in [1.165, 1.54) is 0 Å². The lowest BCUT2D eigenvalue weighted by molar-refractivity contribution is -0.130. The van der Waals surface area contributed by atoms with E-state index >= 15 is 0 Å². The van der Waals surface area contributed by atoms with Crippen LogP contribution >= 0.6 is 0 Å². The highest BCUT2D eigenvalue weighted by molar-refractivity contribution is 5.97. The Morgan fingerprint density at radius 1 is 1.10 bits per heavy atom. The molecule has 7 nitrogen and oxygen atoms in total. The van der Waals surface area contributed by atoms with Crippen molar-refractivity contribution in [3.63, 3.8) is 0 Å². The summed E-state index contributed by atoms with van der Waals surface area (Å²) < 4.78 is 7.22. The van der Waals surface area contributed by atoms with E-state index in [-0.39, 0.29) is 24.4 Å². The van der Waals surface area contributed by atoms with Crippen molar-refractivity contribution in [2.75, 3.05) is 20.2 Å². The Morgan fingerprint density at radius 2 is 1.80 bits per heavy atom. The summed E-state index contributed by atoms with van der Waals surface area (Å²) in [5.74, 6) is 1.01. The molecule has 1 aliphatic rings. The molecule has 0 radical (unpaired) electrons. The van der Waals surface area contributed by atoms with Crippen LogP contribution < -0.4 is 10.1 Å². The molecule has 1 aromatic heterocycles. The molecular weight excluding hydrogens is 380 g/mol. The van der Waals surface area contributed by atoms with E-state index in [0.29, 0.717) is 17.1 Å². The first kappa shape index (κ1) is 19.9. The van der Waals surface area contributed by atoms with E-state index in [0.717, 1.165) is 37.0 Å². The molecule has 2 heterocycles. The molecule has 4 rings (SSSR count). The second-order valence-corrected chi connectivity index (χ2v) is 7.53. The Kier molecular flexibility index (Phi) is 5.70. The molecule has 2 aromatic carbocycles. The van der Waals surface area contributed by atoms with E-state index in [1.54, 1.807) is 25.3 Å².